The Morgan fingerprint density at radius 2 is 2.05 bits per heavy atom. The number of guanidine groups is 1. The summed E-state index contributed by atoms with van der Waals surface area (Å²) in [6.07, 6.45) is 0. The Labute approximate surface area is 118 Å². The van der Waals surface area contributed by atoms with Crippen molar-refractivity contribution in [2.75, 3.05) is 6.54 Å². The fourth-order valence-electron chi connectivity index (χ4n) is 1.67. The molecule has 0 amide bonds. The highest BCUT2D eigenvalue weighted by Crippen LogP contribution is 2.00. The number of aromatic nitrogens is 2. The van der Waals surface area contributed by atoms with Crippen molar-refractivity contribution >= 4 is 5.96 Å². The predicted molar refractivity (Wildman–Crippen MR) is 77.1 cm³/mol. The smallest absolute Gasteiger partial charge is 0.246 e. The summed E-state index contributed by atoms with van der Waals surface area (Å²) in [5.41, 5.74) is 1.17. The number of nitrogens with zero attached hydrogens (tertiary/aromatic N) is 3. The zero-order valence-electron chi connectivity index (χ0n) is 11.8. The molecule has 0 saturated carbocycles. The van der Waals surface area contributed by atoms with Gasteiger partial charge in [-0.3, -0.25) is 0 Å². The van der Waals surface area contributed by atoms with Gasteiger partial charge in [-0.15, -0.1) is 0 Å². The van der Waals surface area contributed by atoms with E-state index in [-0.39, 0.29) is 0 Å². The summed E-state index contributed by atoms with van der Waals surface area (Å²) in [5, 5.41) is 10.1. The minimum Gasteiger partial charge on any atom is -0.357 e. The van der Waals surface area contributed by atoms with E-state index in [0.717, 1.165) is 12.5 Å². The molecule has 0 aliphatic rings. The molecule has 0 bridgehead atoms. The van der Waals surface area contributed by atoms with E-state index < -0.39 is 0 Å². The second-order valence-electron chi connectivity index (χ2n) is 4.27. The minimum absolute atomic E-state index is 0.460. The van der Waals surface area contributed by atoms with Gasteiger partial charge < -0.3 is 15.2 Å². The lowest BCUT2D eigenvalue weighted by molar-refractivity contribution is 0.371. The summed E-state index contributed by atoms with van der Waals surface area (Å²) in [7, 11) is 0. The highest BCUT2D eigenvalue weighted by Gasteiger charge is 2.03. The standard InChI is InChI=1S/C14H19N5O/c1-3-15-14(16-9-12-7-5-4-6-8-12)17-10-13-18-11(2)19-20-13/h4-8H,3,9-10H2,1-2H3,(H2,15,16,17). The average Bonchev–Trinajstić information content (AvgIpc) is 2.89. The van der Waals surface area contributed by atoms with E-state index in [2.05, 4.69) is 37.9 Å². The van der Waals surface area contributed by atoms with Crippen LogP contribution in [0.2, 0.25) is 0 Å². The van der Waals surface area contributed by atoms with E-state index in [1.807, 2.05) is 25.1 Å². The van der Waals surface area contributed by atoms with Crippen LogP contribution in [-0.2, 0) is 13.1 Å². The van der Waals surface area contributed by atoms with Crippen LogP contribution in [0.3, 0.4) is 0 Å². The van der Waals surface area contributed by atoms with Gasteiger partial charge in [0.25, 0.3) is 0 Å². The summed E-state index contributed by atoms with van der Waals surface area (Å²) < 4.78 is 5.05. The third-order valence-corrected chi connectivity index (χ3v) is 2.58. The summed E-state index contributed by atoms with van der Waals surface area (Å²) in [6.45, 7) is 5.70. The van der Waals surface area contributed by atoms with E-state index in [1.165, 1.54) is 5.56 Å². The van der Waals surface area contributed by atoms with Crippen molar-refractivity contribution in [3.05, 3.63) is 47.6 Å². The SMILES string of the molecule is CCNC(=NCc1ccccc1)NCc1nc(C)no1. The quantitative estimate of drug-likeness (QED) is 0.640. The minimum atomic E-state index is 0.460. The molecule has 6 nitrogen and oxygen atoms in total. The number of benzene rings is 1. The van der Waals surface area contributed by atoms with Crippen LogP contribution >= 0.6 is 0 Å². The number of hydrogen-bond donors (Lipinski definition) is 2. The lowest BCUT2D eigenvalue weighted by Gasteiger charge is -2.09. The maximum atomic E-state index is 5.05. The molecule has 0 spiro atoms. The van der Waals surface area contributed by atoms with Crippen molar-refractivity contribution in [3.8, 4) is 0 Å². The molecule has 1 aromatic heterocycles. The van der Waals surface area contributed by atoms with E-state index in [0.29, 0.717) is 24.8 Å². The van der Waals surface area contributed by atoms with Crippen LogP contribution in [0.4, 0.5) is 0 Å². The van der Waals surface area contributed by atoms with Crippen LogP contribution in [0.5, 0.6) is 0 Å². The van der Waals surface area contributed by atoms with Gasteiger partial charge in [0.2, 0.25) is 5.89 Å². The number of nitrogens with one attached hydrogen (secondary N) is 2. The lowest BCUT2D eigenvalue weighted by Crippen LogP contribution is -2.36. The Kier molecular flexibility index (Phi) is 5.11. The van der Waals surface area contributed by atoms with Gasteiger partial charge in [0.05, 0.1) is 13.1 Å². The molecule has 106 valence electrons. The third-order valence-electron chi connectivity index (χ3n) is 2.58. The largest absolute Gasteiger partial charge is 0.357 e. The van der Waals surface area contributed by atoms with Gasteiger partial charge in [0, 0.05) is 6.54 Å². The molecule has 0 atom stereocenters. The van der Waals surface area contributed by atoms with Crippen LogP contribution in [0, 0.1) is 6.92 Å². The Bertz CT molecular complexity index is 550. The maximum Gasteiger partial charge on any atom is 0.246 e. The fraction of sp³-hybridized carbons (Fsp3) is 0.357. The molecule has 2 aromatic rings. The van der Waals surface area contributed by atoms with Crippen LogP contribution in [0.25, 0.3) is 0 Å². The van der Waals surface area contributed by atoms with E-state index in [9.17, 15) is 0 Å². The summed E-state index contributed by atoms with van der Waals surface area (Å²) in [5.74, 6) is 1.91. The molecule has 2 rings (SSSR count). The number of aryl methyl sites for hydroxylation is 1. The average molecular weight is 273 g/mol. The zero-order valence-corrected chi connectivity index (χ0v) is 11.8. The first kappa shape index (κ1) is 14.0. The molecule has 2 N–H and O–H groups in total. The van der Waals surface area contributed by atoms with Crippen molar-refractivity contribution in [1.82, 2.24) is 20.8 Å². The molecular formula is C14H19N5O. The number of hydrogen-bond acceptors (Lipinski definition) is 4. The van der Waals surface area contributed by atoms with Gasteiger partial charge in [-0.2, -0.15) is 4.98 Å². The summed E-state index contributed by atoms with van der Waals surface area (Å²) >= 11 is 0. The van der Waals surface area contributed by atoms with Gasteiger partial charge in [0.1, 0.15) is 0 Å². The van der Waals surface area contributed by atoms with Crippen LogP contribution in [0.1, 0.15) is 24.2 Å². The normalized spacial score (nSPS) is 11.4. The first-order valence-corrected chi connectivity index (χ1v) is 6.63. The van der Waals surface area contributed by atoms with Gasteiger partial charge in [-0.25, -0.2) is 4.99 Å². The number of aliphatic imine (C=N–C) groups is 1. The van der Waals surface area contributed by atoms with Crippen molar-refractivity contribution in [2.45, 2.75) is 26.9 Å². The van der Waals surface area contributed by atoms with Gasteiger partial charge in [-0.1, -0.05) is 35.5 Å². The van der Waals surface area contributed by atoms with Crippen LogP contribution < -0.4 is 10.6 Å². The molecule has 0 aliphatic heterocycles. The topological polar surface area (TPSA) is 75.3 Å². The first-order valence-electron chi connectivity index (χ1n) is 6.63. The Hall–Kier alpha value is -2.37. The van der Waals surface area contributed by atoms with Crippen LogP contribution in [0.15, 0.2) is 39.8 Å². The highest BCUT2D eigenvalue weighted by molar-refractivity contribution is 5.79. The molecule has 20 heavy (non-hydrogen) atoms. The molecule has 0 aliphatic carbocycles. The molecular weight excluding hydrogens is 254 g/mol. The van der Waals surface area contributed by atoms with Crippen LogP contribution in [-0.4, -0.2) is 22.6 Å². The highest BCUT2D eigenvalue weighted by atomic mass is 16.5. The molecule has 1 aromatic carbocycles. The van der Waals surface area contributed by atoms with Gasteiger partial charge in [0.15, 0.2) is 11.8 Å². The second kappa shape index (κ2) is 7.28. The molecule has 0 fully saturated rings. The number of rotatable bonds is 5. The van der Waals surface area contributed by atoms with Gasteiger partial charge >= 0.3 is 0 Å². The Morgan fingerprint density at radius 3 is 2.70 bits per heavy atom. The monoisotopic (exact) mass is 273 g/mol. The second-order valence-corrected chi connectivity index (χ2v) is 4.27. The van der Waals surface area contributed by atoms with E-state index >= 15 is 0 Å². The van der Waals surface area contributed by atoms with E-state index in [4.69, 9.17) is 4.52 Å². The lowest BCUT2D eigenvalue weighted by atomic mass is 10.2. The molecule has 6 heteroatoms. The summed E-state index contributed by atoms with van der Waals surface area (Å²) in [6, 6.07) is 10.1. The summed E-state index contributed by atoms with van der Waals surface area (Å²) in [4.78, 5) is 8.65. The van der Waals surface area contributed by atoms with Crippen molar-refractivity contribution in [1.29, 1.82) is 0 Å². The Morgan fingerprint density at radius 1 is 1.25 bits per heavy atom. The molecule has 0 radical (unpaired) electrons. The molecule has 0 saturated heterocycles. The van der Waals surface area contributed by atoms with E-state index in [1.54, 1.807) is 6.92 Å². The zero-order chi connectivity index (χ0) is 14.2. The van der Waals surface area contributed by atoms with Crippen molar-refractivity contribution in [2.24, 2.45) is 4.99 Å². The van der Waals surface area contributed by atoms with Crippen molar-refractivity contribution in [3.63, 3.8) is 0 Å². The predicted octanol–water partition coefficient (Wildman–Crippen LogP) is 1.63. The fourth-order valence-corrected chi connectivity index (χ4v) is 1.67. The maximum absolute atomic E-state index is 5.05. The molecule has 0 unspecified atom stereocenters. The van der Waals surface area contributed by atoms with Crippen molar-refractivity contribution < 1.29 is 4.52 Å². The Balaban J connectivity index is 1.92. The third kappa shape index (κ3) is 4.38. The first-order chi connectivity index (χ1) is 9.78. The molecule has 1 heterocycles. The van der Waals surface area contributed by atoms with Gasteiger partial charge in [-0.05, 0) is 19.4 Å².